The first-order valence-electron chi connectivity index (χ1n) is 9.25. The predicted octanol–water partition coefficient (Wildman–Crippen LogP) is 4.27. The summed E-state index contributed by atoms with van der Waals surface area (Å²) in [4.78, 5) is 37.5. The zero-order chi connectivity index (χ0) is 18.2. The first kappa shape index (κ1) is 19.2. The zero-order valence-corrected chi connectivity index (χ0v) is 14.9. The lowest BCUT2D eigenvalue weighted by molar-refractivity contribution is -0.137. The number of carbonyl (C=O) groups excluding carboxylic acids is 2. The molecule has 1 N–H and O–H groups in total. The maximum absolute atomic E-state index is 12.6. The van der Waals surface area contributed by atoms with E-state index in [-0.39, 0.29) is 24.3 Å². The van der Waals surface area contributed by atoms with Crippen LogP contribution in [0.3, 0.4) is 0 Å². The van der Waals surface area contributed by atoms with E-state index in [1.807, 2.05) is 0 Å². The molecule has 0 saturated heterocycles. The van der Waals surface area contributed by atoms with E-state index in [0.29, 0.717) is 24.0 Å². The average molecular weight is 345 g/mol. The van der Waals surface area contributed by atoms with E-state index in [2.05, 4.69) is 6.92 Å². The van der Waals surface area contributed by atoms with Gasteiger partial charge in [-0.05, 0) is 25.0 Å². The second-order valence-corrected chi connectivity index (χ2v) is 6.67. The van der Waals surface area contributed by atoms with Crippen molar-refractivity contribution >= 4 is 17.8 Å². The molecule has 5 heteroatoms. The summed E-state index contributed by atoms with van der Waals surface area (Å²) in [5.41, 5.74) is 0.853. The van der Waals surface area contributed by atoms with Crippen molar-refractivity contribution in [1.29, 1.82) is 0 Å². The summed E-state index contributed by atoms with van der Waals surface area (Å²) in [6, 6.07) is 6.47. The van der Waals surface area contributed by atoms with E-state index in [1.165, 1.54) is 24.2 Å². The number of fused-ring (bicyclic) bond motifs is 1. The van der Waals surface area contributed by atoms with Gasteiger partial charge in [-0.3, -0.25) is 19.3 Å². The van der Waals surface area contributed by atoms with Crippen LogP contribution in [-0.4, -0.2) is 33.8 Å². The van der Waals surface area contributed by atoms with Gasteiger partial charge in [0.25, 0.3) is 11.8 Å². The largest absolute Gasteiger partial charge is 0.481 e. The number of hydrogen-bond acceptors (Lipinski definition) is 3. The molecule has 1 aromatic rings. The molecule has 5 nitrogen and oxygen atoms in total. The maximum Gasteiger partial charge on any atom is 0.303 e. The predicted molar refractivity (Wildman–Crippen MR) is 95.6 cm³/mol. The monoisotopic (exact) mass is 345 g/mol. The summed E-state index contributed by atoms with van der Waals surface area (Å²) in [6.45, 7) is 2.17. The van der Waals surface area contributed by atoms with Gasteiger partial charge < -0.3 is 5.11 Å². The molecule has 0 saturated carbocycles. The van der Waals surface area contributed by atoms with Crippen molar-refractivity contribution in [1.82, 2.24) is 4.90 Å². The molecule has 1 unspecified atom stereocenters. The molecule has 25 heavy (non-hydrogen) atoms. The van der Waals surface area contributed by atoms with Crippen LogP contribution in [0.5, 0.6) is 0 Å². The van der Waals surface area contributed by atoms with Gasteiger partial charge in [0.05, 0.1) is 11.1 Å². The summed E-state index contributed by atoms with van der Waals surface area (Å²) in [5, 5.41) is 8.99. The Labute approximate surface area is 149 Å². The molecule has 0 fully saturated rings. The van der Waals surface area contributed by atoms with Gasteiger partial charge in [0, 0.05) is 12.5 Å². The number of imide groups is 1. The number of carbonyl (C=O) groups is 3. The van der Waals surface area contributed by atoms with E-state index in [9.17, 15) is 14.4 Å². The van der Waals surface area contributed by atoms with E-state index < -0.39 is 5.97 Å². The van der Waals surface area contributed by atoms with E-state index in [4.69, 9.17) is 5.11 Å². The van der Waals surface area contributed by atoms with Gasteiger partial charge in [0.2, 0.25) is 0 Å². The van der Waals surface area contributed by atoms with Crippen LogP contribution in [0, 0.1) is 0 Å². The SMILES string of the molecule is CCCCCCCCC(CCC(=O)O)N1C(=O)c2ccccc2C1=O. The number of carboxylic acids is 1. The minimum Gasteiger partial charge on any atom is -0.481 e. The zero-order valence-electron chi connectivity index (χ0n) is 14.9. The minimum absolute atomic E-state index is 0.0338. The fraction of sp³-hybridized carbons (Fsp3) is 0.550. The third kappa shape index (κ3) is 4.91. The van der Waals surface area contributed by atoms with Crippen molar-refractivity contribution in [2.75, 3.05) is 0 Å². The Hall–Kier alpha value is -2.17. The van der Waals surface area contributed by atoms with Crippen LogP contribution in [0.2, 0.25) is 0 Å². The van der Waals surface area contributed by atoms with Crippen molar-refractivity contribution in [2.45, 2.75) is 70.8 Å². The molecule has 0 spiro atoms. The fourth-order valence-electron chi connectivity index (χ4n) is 3.39. The molecule has 1 aliphatic heterocycles. The molecule has 1 aromatic carbocycles. The number of aliphatic carboxylic acids is 1. The Bertz CT molecular complexity index is 591. The smallest absolute Gasteiger partial charge is 0.303 e. The van der Waals surface area contributed by atoms with Crippen LogP contribution >= 0.6 is 0 Å². The average Bonchev–Trinajstić information content (AvgIpc) is 2.85. The second-order valence-electron chi connectivity index (χ2n) is 6.67. The summed E-state index contributed by atoms with van der Waals surface area (Å²) in [6.07, 6.45) is 7.66. The molecule has 2 amide bonds. The third-order valence-electron chi connectivity index (χ3n) is 4.77. The lowest BCUT2D eigenvalue weighted by Gasteiger charge is -2.26. The first-order chi connectivity index (χ1) is 12.1. The summed E-state index contributed by atoms with van der Waals surface area (Å²) < 4.78 is 0. The van der Waals surface area contributed by atoms with Crippen LogP contribution in [-0.2, 0) is 4.79 Å². The van der Waals surface area contributed by atoms with Gasteiger partial charge in [-0.2, -0.15) is 0 Å². The van der Waals surface area contributed by atoms with E-state index >= 15 is 0 Å². The molecular formula is C20H27NO4. The van der Waals surface area contributed by atoms with Crippen molar-refractivity contribution in [3.63, 3.8) is 0 Å². The molecule has 1 aliphatic rings. The molecule has 0 aliphatic carbocycles. The number of hydrogen-bond donors (Lipinski definition) is 1. The Morgan fingerprint density at radius 1 is 0.960 bits per heavy atom. The third-order valence-corrected chi connectivity index (χ3v) is 4.77. The van der Waals surface area contributed by atoms with Crippen LogP contribution < -0.4 is 0 Å². The number of carboxylic acid groups (broad SMARTS) is 1. The standard InChI is InChI=1S/C20H27NO4/c1-2-3-4-5-6-7-10-15(13-14-18(22)23)21-19(24)16-11-8-9-12-17(16)20(21)25/h8-9,11-12,15H,2-7,10,13-14H2,1H3,(H,22,23). The summed E-state index contributed by atoms with van der Waals surface area (Å²) in [5.74, 6) is -1.48. The topological polar surface area (TPSA) is 74.7 Å². The molecular weight excluding hydrogens is 318 g/mol. The molecule has 0 radical (unpaired) electrons. The van der Waals surface area contributed by atoms with E-state index in [1.54, 1.807) is 24.3 Å². The lowest BCUT2D eigenvalue weighted by atomic mass is 10.0. The number of benzene rings is 1. The van der Waals surface area contributed by atoms with Crippen LogP contribution in [0.25, 0.3) is 0 Å². The highest BCUT2D eigenvalue weighted by atomic mass is 16.4. The van der Waals surface area contributed by atoms with Crippen molar-refractivity contribution in [3.8, 4) is 0 Å². The van der Waals surface area contributed by atoms with E-state index in [0.717, 1.165) is 19.3 Å². The fourth-order valence-corrected chi connectivity index (χ4v) is 3.39. The maximum atomic E-state index is 12.6. The Morgan fingerprint density at radius 3 is 2.08 bits per heavy atom. The molecule has 0 bridgehead atoms. The molecule has 0 aromatic heterocycles. The van der Waals surface area contributed by atoms with Gasteiger partial charge in [-0.15, -0.1) is 0 Å². The molecule has 2 rings (SSSR count). The van der Waals surface area contributed by atoms with Gasteiger partial charge in [0.15, 0.2) is 0 Å². The Kier molecular flexibility index (Phi) is 7.16. The minimum atomic E-state index is -0.899. The normalized spacial score (nSPS) is 14.7. The first-order valence-corrected chi connectivity index (χ1v) is 9.25. The van der Waals surface area contributed by atoms with Gasteiger partial charge in [-0.1, -0.05) is 57.6 Å². The number of nitrogens with zero attached hydrogens (tertiary/aromatic N) is 1. The van der Waals surface area contributed by atoms with Crippen LogP contribution in [0.1, 0.15) is 85.4 Å². The Morgan fingerprint density at radius 2 is 1.52 bits per heavy atom. The lowest BCUT2D eigenvalue weighted by Crippen LogP contribution is -2.40. The summed E-state index contributed by atoms with van der Waals surface area (Å²) >= 11 is 0. The second kappa shape index (κ2) is 9.35. The molecule has 136 valence electrons. The highest BCUT2D eigenvalue weighted by Gasteiger charge is 2.39. The number of unbranched alkanes of at least 4 members (excludes halogenated alkanes) is 5. The molecule has 1 atom stereocenters. The van der Waals surface area contributed by atoms with Crippen LogP contribution in [0.4, 0.5) is 0 Å². The number of rotatable bonds is 11. The van der Waals surface area contributed by atoms with Gasteiger partial charge in [-0.25, -0.2) is 0 Å². The van der Waals surface area contributed by atoms with Crippen molar-refractivity contribution < 1.29 is 19.5 Å². The van der Waals surface area contributed by atoms with Gasteiger partial charge >= 0.3 is 5.97 Å². The quantitative estimate of drug-likeness (QED) is 0.480. The molecule has 1 heterocycles. The van der Waals surface area contributed by atoms with Crippen LogP contribution in [0.15, 0.2) is 24.3 Å². The highest BCUT2D eigenvalue weighted by molar-refractivity contribution is 6.21. The van der Waals surface area contributed by atoms with Crippen molar-refractivity contribution in [2.24, 2.45) is 0 Å². The Balaban J connectivity index is 2.01. The van der Waals surface area contributed by atoms with Gasteiger partial charge in [0.1, 0.15) is 0 Å². The summed E-state index contributed by atoms with van der Waals surface area (Å²) in [7, 11) is 0. The number of amides is 2. The highest BCUT2D eigenvalue weighted by Crippen LogP contribution is 2.28. The van der Waals surface area contributed by atoms with Crippen molar-refractivity contribution in [3.05, 3.63) is 35.4 Å².